The van der Waals surface area contributed by atoms with Gasteiger partial charge in [0, 0.05) is 6.04 Å². The number of aliphatic carboxylic acids is 1. The number of nitrogens with zero attached hydrogens (tertiary/aromatic N) is 1. The minimum Gasteiger partial charge on any atom is -0.483 e. The van der Waals surface area contributed by atoms with Gasteiger partial charge in [0.1, 0.15) is 12.3 Å². The molecule has 5 heteroatoms. The fourth-order valence-corrected chi connectivity index (χ4v) is 2.06. The number of carboxylic acid groups (broad SMARTS) is 1. The average molecular weight is 277 g/mol. The van der Waals surface area contributed by atoms with E-state index in [1.807, 2.05) is 32.0 Å². The van der Waals surface area contributed by atoms with Gasteiger partial charge in [-0.25, -0.2) is 0 Å². The van der Waals surface area contributed by atoms with Crippen LogP contribution in [0.2, 0.25) is 0 Å². The van der Waals surface area contributed by atoms with E-state index in [2.05, 4.69) is 0 Å². The first-order valence-electron chi connectivity index (χ1n) is 6.69. The van der Waals surface area contributed by atoms with Crippen molar-refractivity contribution < 1.29 is 19.4 Å². The maximum atomic E-state index is 12.1. The highest BCUT2D eigenvalue weighted by molar-refractivity contribution is 5.83. The van der Waals surface area contributed by atoms with Gasteiger partial charge in [0.15, 0.2) is 6.61 Å². The summed E-state index contributed by atoms with van der Waals surface area (Å²) >= 11 is 0. The molecule has 5 nitrogen and oxygen atoms in total. The summed E-state index contributed by atoms with van der Waals surface area (Å²) in [7, 11) is 0. The first kappa shape index (κ1) is 14.4. The van der Waals surface area contributed by atoms with Crippen LogP contribution < -0.4 is 4.74 Å². The van der Waals surface area contributed by atoms with E-state index in [1.54, 1.807) is 0 Å². The molecule has 0 atom stereocenters. The van der Waals surface area contributed by atoms with E-state index in [9.17, 15) is 9.59 Å². The lowest BCUT2D eigenvalue weighted by atomic mass is 10.1. The van der Waals surface area contributed by atoms with E-state index in [0.29, 0.717) is 5.75 Å². The summed E-state index contributed by atoms with van der Waals surface area (Å²) in [6, 6.07) is 5.73. The van der Waals surface area contributed by atoms with Gasteiger partial charge in [0.25, 0.3) is 5.91 Å². The number of amides is 1. The lowest BCUT2D eigenvalue weighted by Crippen LogP contribution is -2.40. The van der Waals surface area contributed by atoms with Gasteiger partial charge in [-0.3, -0.25) is 9.59 Å². The number of carbonyl (C=O) groups excluding carboxylic acids is 1. The zero-order valence-corrected chi connectivity index (χ0v) is 11.8. The molecule has 108 valence electrons. The summed E-state index contributed by atoms with van der Waals surface area (Å²) in [4.78, 5) is 24.2. The molecule has 0 spiro atoms. The molecule has 20 heavy (non-hydrogen) atoms. The number of hydrogen-bond acceptors (Lipinski definition) is 3. The Morgan fingerprint density at radius 3 is 2.65 bits per heavy atom. The zero-order chi connectivity index (χ0) is 14.7. The highest BCUT2D eigenvalue weighted by Gasteiger charge is 2.33. The van der Waals surface area contributed by atoms with Crippen molar-refractivity contribution in [3.8, 4) is 5.75 Å². The standard InChI is InChI=1S/C15H19NO4/c1-10-4-3-5-13(11(10)2)20-9-14(17)16(8-15(18)19)12-6-7-12/h3-5,12H,6-9H2,1-2H3,(H,18,19). The first-order valence-corrected chi connectivity index (χ1v) is 6.69. The molecule has 0 heterocycles. The Labute approximate surface area is 118 Å². The molecule has 1 saturated carbocycles. The van der Waals surface area contributed by atoms with Crippen LogP contribution >= 0.6 is 0 Å². The fourth-order valence-electron chi connectivity index (χ4n) is 2.06. The van der Waals surface area contributed by atoms with Crippen molar-refractivity contribution >= 4 is 11.9 Å². The van der Waals surface area contributed by atoms with Crippen LogP contribution in [-0.2, 0) is 9.59 Å². The van der Waals surface area contributed by atoms with E-state index in [-0.39, 0.29) is 25.1 Å². The van der Waals surface area contributed by atoms with Crippen molar-refractivity contribution in [2.75, 3.05) is 13.2 Å². The van der Waals surface area contributed by atoms with E-state index in [1.165, 1.54) is 4.90 Å². The lowest BCUT2D eigenvalue weighted by Gasteiger charge is -2.20. The summed E-state index contributed by atoms with van der Waals surface area (Å²) in [5.41, 5.74) is 2.09. The van der Waals surface area contributed by atoms with Crippen molar-refractivity contribution in [1.29, 1.82) is 0 Å². The van der Waals surface area contributed by atoms with E-state index < -0.39 is 5.97 Å². The van der Waals surface area contributed by atoms with Crippen LogP contribution in [0.15, 0.2) is 18.2 Å². The van der Waals surface area contributed by atoms with Crippen LogP contribution in [0.5, 0.6) is 5.75 Å². The van der Waals surface area contributed by atoms with E-state index >= 15 is 0 Å². The Kier molecular flexibility index (Phi) is 4.27. The van der Waals surface area contributed by atoms with Gasteiger partial charge < -0.3 is 14.7 Å². The number of benzene rings is 1. The third-order valence-corrected chi connectivity index (χ3v) is 3.52. The average Bonchev–Trinajstić information content (AvgIpc) is 3.21. The highest BCUT2D eigenvalue weighted by atomic mass is 16.5. The van der Waals surface area contributed by atoms with E-state index in [0.717, 1.165) is 24.0 Å². The van der Waals surface area contributed by atoms with Crippen molar-refractivity contribution in [2.24, 2.45) is 0 Å². The van der Waals surface area contributed by atoms with E-state index in [4.69, 9.17) is 9.84 Å². The summed E-state index contributed by atoms with van der Waals surface area (Å²) < 4.78 is 5.54. The van der Waals surface area contributed by atoms with Gasteiger partial charge >= 0.3 is 5.97 Å². The summed E-state index contributed by atoms with van der Waals surface area (Å²) in [5, 5.41) is 8.84. The molecule has 0 unspecified atom stereocenters. The quantitative estimate of drug-likeness (QED) is 0.860. The lowest BCUT2D eigenvalue weighted by molar-refractivity contribution is -0.145. The number of carboxylic acids is 1. The molecule has 1 aliphatic rings. The normalized spacial score (nSPS) is 13.9. The van der Waals surface area contributed by atoms with Crippen LogP contribution in [0.1, 0.15) is 24.0 Å². The molecular weight excluding hydrogens is 258 g/mol. The smallest absolute Gasteiger partial charge is 0.323 e. The maximum absolute atomic E-state index is 12.1. The third kappa shape index (κ3) is 3.50. The minimum atomic E-state index is -0.989. The van der Waals surface area contributed by atoms with Gasteiger partial charge in [0.05, 0.1) is 0 Å². The summed E-state index contributed by atoms with van der Waals surface area (Å²) in [5.74, 6) is -0.586. The number of rotatable bonds is 6. The predicted octanol–water partition coefficient (Wildman–Crippen LogP) is 1.76. The number of ether oxygens (including phenoxy) is 1. The molecule has 1 fully saturated rings. The second-order valence-electron chi connectivity index (χ2n) is 5.13. The van der Waals surface area contributed by atoms with Gasteiger partial charge in [0.2, 0.25) is 0 Å². The summed E-state index contributed by atoms with van der Waals surface area (Å²) in [6.07, 6.45) is 1.75. The van der Waals surface area contributed by atoms with Crippen LogP contribution in [0, 0.1) is 13.8 Å². The Hall–Kier alpha value is -2.04. The molecule has 1 N–H and O–H groups in total. The second-order valence-corrected chi connectivity index (χ2v) is 5.13. The molecule has 1 aliphatic carbocycles. The predicted molar refractivity (Wildman–Crippen MR) is 73.8 cm³/mol. The van der Waals surface area contributed by atoms with Gasteiger partial charge in [-0.1, -0.05) is 12.1 Å². The topological polar surface area (TPSA) is 66.8 Å². The van der Waals surface area contributed by atoms with Gasteiger partial charge in [-0.15, -0.1) is 0 Å². The molecule has 0 bridgehead atoms. The molecule has 1 aromatic carbocycles. The van der Waals surface area contributed by atoms with Crippen LogP contribution in [-0.4, -0.2) is 41.1 Å². The highest BCUT2D eigenvalue weighted by Crippen LogP contribution is 2.27. The minimum absolute atomic E-state index is 0.0702. The van der Waals surface area contributed by atoms with Crippen LogP contribution in [0.25, 0.3) is 0 Å². The fraction of sp³-hybridized carbons (Fsp3) is 0.467. The first-order chi connectivity index (χ1) is 9.49. The SMILES string of the molecule is Cc1cccc(OCC(=O)N(CC(=O)O)C2CC2)c1C. The van der Waals surface area contributed by atoms with Gasteiger partial charge in [-0.05, 0) is 43.9 Å². The molecule has 0 aliphatic heterocycles. The van der Waals surface area contributed by atoms with Crippen molar-refractivity contribution in [3.63, 3.8) is 0 Å². The second kappa shape index (κ2) is 5.94. The van der Waals surface area contributed by atoms with Crippen LogP contribution in [0.4, 0.5) is 0 Å². The molecule has 1 amide bonds. The number of hydrogen-bond donors (Lipinski definition) is 1. The van der Waals surface area contributed by atoms with Crippen molar-refractivity contribution in [2.45, 2.75) is 32.7 Å². The summed E-state index contributed by atoms with van der Waals surface area (Å²) in [6.45, 7) is 3.55. The van der Waals surface area contributed by atoms with Crippen molar-refractivity contribution in [1.82, 2.24) is 4.90 Å². The largest absolute Gasteiger partial charge is 0.483 e. The van der Waals surface area contributed by atoms with Gasteiger partial charge in [-0.2, -0.15) is 0 Å². The Bertz CT molecular complexity index is 523. The Morgan fingerprint density at radius 2 is 2.05 bits per heavy atom. The number of carbonyl (C=O) groups is 2. The Balaban J connectivity index is 1.96. The third-order valence-electron chi connectivity index (χ3n) is 3.52. The zero-order valence-electron chi connectivity index (χ0n) is 11.8. The molecule has 0 saturated heterocycles. The number of aryl methyl sites for hydroxylation is 1. The van der Waals surface area contributed by atoms with Crippen molar-refractivity contribution in [3.05, 3.63) is 29.3 Å². The Morgan fingerprint density at radius 1 is 1.35 bits per heavy atom. The molecule has 1 aromatic rings. The maximum Gasteiger partial charge on any atom is 0.323 e. The molecule has 0 radical (unpaired) electrons. The molecule has 0 aromatic heterocycles. The molecular formula is C15H19NO4. The van der Waals surface area contributed by atoms with Crippen LogP contribution in [0.3, 0.4) is 0 Å². The molecule has 2 rings (SSSR count). The monoisotopic (exact) mass is 277 g/mol.